The number of aryl methyl sites for hydroxylation is 1. The third kappa shape index (κ3) is 3.93. The predicted octanol–water partition coefficient (Wildman–Crippen LogP) is 5.92. The number of rotatable bonds is 7. The summed E-state index contributed by atoms with van der Waals surface area (Å²) in [5.41, 5.74) is 5.40. The molecule has 1 N–H and O–H groups in total. The minimum atomic E-state index is 0.650. The normalized spacial score (nSPS) is 14.3. The summed E-state index contributed by atoms with van der Waals surface area (Å²) in [6.45, 7) is 7.80. The van der Waals surface area contributed by atoms with E-state index in [9.17, 15) is 0 Å². The molecule has 0 unspecified atom stereocenters. The molecule has 31 heavy (non-hydrogen) atoms. The Balaban J connectivity index is 1.87. The quantitative estimate of drug-likeness (QED) is 0.547. The molecule has 2 heterocycles. The number of nitrogens with zero attached hydrogens (tertiary/aromatic N) is 3. The summed E-state index contributed by atoms with van der Waals surface area (Å²) in [6.07, 6.45) is 6.57. The molecule has 6 heteroatoms. The molecule has 1 aliphatic heterocycles. The van der Waals surface area contributed by atoms with Gasteiger partial charge < -0.3 is 15.0 Å². The Morgan fingerprint density at radius 3 is 2.90 bits per heavy atom. The summed E-state index contributed by atoms with van der Waals surface area (Å²) in [6, 6.07) is 5.80. The first-order valence-electron chi connectivity index (χ1n) is 10.9. The van der Waals surface area contributed by atoms with Crippen molar-refractivity contribution in [3.63, 3.8) is 0 Å². The van der Waals surface area contributed by atoms with Gasteiger partial charge >= 0.3 is 0 Å². The van der Waals surface area contributed by atoms with Crippen molar-refractivity contribution in [3.05, 3.63) is 46.3 Å². The van der Waals surface area contributed by atoms with Crippen molar-refractivity contribution in [3.8, 4) is 28.7 Å². The molecule has 4 rings (SSSR count). The Bertz CT molecular complexity index is 1120. The number of hydrogen-bond donors (Lipinski definition) is 1. The molecule has 2 aliphatic rings. The zero-order valence-corrected chi connectivity index (χ0v) is 19.4. The van der Waals surface area contributed by atoms with Crippen LogP contribution in [0, 0.1) is 18.8 Å². The summed E-state index contributed by atoms with van der Waals surface area (Å²) >= 11 is 6.66. The third-order valence-electron chi connectivity index (χ3n) is 5.83. The Hall–Kier alpha value is -2.84. The highest BCUT2D eigenvalue weighted by molar-refractivity contribution is 6.33. The highest BCUT2D eigenvalue weighted by Crippen LogP contribution is 2.45. The van der Waals surface area contributed by atoms with Gasteiger partial charge in [0.25, 0.3) is 0 Å². The van der Waals surface area contributed by atoms with Crippen LogP contribution in [0.3, 0.4) is 0 Å². The van der Waals surface area contributed by atoms with Crippen LogP contribution in [-0.2, 0) is 0 Å². The number of unbranched alkanes of at least 4 members (excludes halogenated alkanes) is 1. The van der Waals surface area contributed by atoms with E-state index in [0.29, 0.717) is 11.6 Å². The van der Waals surface area contributed by atoms with E-state index in [-0.39, 0.29) is 0 Å². The van der Waals surface area contributed by atoms with Crippen LogP contribution in [0.15, 0.2) is 35.5 Å². The lowest BCUT2D eigenvalue weighted by Gasteiger charge is -2.32. The average Bonchev–Trinajstić information content (AvgIpc) is 3.36. The van der Waals surface area contributed by atoms with Gasteiger partial charge in [0.1, 0.15) is 17.4 Å². The van der Waals surface area contributed by atoms with E-state index in [2.05, 4.69) is 39.7 Å². The van der Waals surface area contributed by atoms with E-state index >= 15 is 0 Å². The fraction of sp³-hybridized carbons (Fsp3) is 0.400. The summed E-state index contributed by atoms with van der Waals surface area (Å²) in [5.74, 6) is 9.17. The van der Waals surface area contributed by atoms with Crippen molar-refractivity contribution in [2.75, 3.05) is 25.5 Å². The molecule has 0 atom stereocenters. The van der Waals surface area contributed by atoms with Gasteiger partial charge in [0, 0.05) is 28.9 Å². The summed E-state index contributed by atoms with van der Waals surface area (Å²) in [7, 11) is 1.65. The minimum absolute atomic E-state index is 0.650. The number of methoxy groups -OCH3 is 1. The van der Waals surface area contributed by atoms with Gasteiger partial charge in [-0.05, 0) is 51.3 Å². The lowest BCUT2D eigenvalue weighted by Crippen LogP contribution is -2.32. The summed E-state index contributed by atoms with van der Waals surface area (Å²) < 4.78 is 7.40. The number of anilines is 1. The molecule has 0 fully saturated rings. The van der Waals surface area contributed by atoms with Crippen LogP contribution in [0.4, 0.5) is 5.82 Å². The molecule has 1 aromatic carbocycles. The number of allylic oxidation sites excluding steroid dienone is 2. The van der Waals surface area contributed by atoms with Crippen molar-refractivity contribution in [1.82, 2.24) is 14.7 Å². The Kier molecular flexibility index (Phi) is 6.29. The number of ether oxygens (including phenoxy) is 1. The largest absolute Gasteiger partial charge is 0.497 e. The van der Waals surface area contributed by atoms with Crippen molar-refractivity contribution in [2.45, 2.75) is 46.5 Å². The van der Waals surface area contributed by atoms with Crippen molar-refractivity contribution in [1.29, 1.82) is 0 Å². The van der Waals surface area contributed by atoms with Crippen LogP contribution in [0.5, 0.6) is 5.75 Å². The molecule has 162 valence electrons. The fourth-order valence-corrected chi connectivity index (χ4v) is 4.55. The number of nitrogens with one attached hydrogen (secondary N) is 1. The average molecular weight is 437 g/mol. The Labute approximate surface area is 189 Å². The van der Waals surface area contributed by atoms with E-state index in [1.54, 1.807) is 7.11 Å². The SMILES string of the molecule is CC#CCN(CCCC)C1=C2CCC=C2Nc2c(-c3ccc(OC)cc3Cl)c(C)nn21. The molecule has 2 aromatic rings. The number of fused-ring (bicyclic) bond motifs is 2. The number of aromatic nitrogens is 2. The maximum atomic E-state index is 6.66. The van der Waals surface area contributed by atoms with Crippen molar-refractivity contribution < 1.29 is 4.74 Å². The van der Waals surface area contributed by atoms with Gasteiger partial charge in [-0.2, -0.15) is 9.78 Å². The maximum absolute atomic E-state index is 6.66. The van der Waals surface area contributed by atoms with Gasteiger partial charge in [0.2, 0.25) is 0 Å². The molecular weight excluding hydrogens is 408 g/mol. The van der Waals surface area contributed by atoms with Crippen molar-refractivity contribution in [2.24, 2.45) is 0 Å². The second-order valence-corrected chi connectivity index (χ2v) is 8.26. The summed E-state index contributed by atoms with van der Waals surface area (Å²) in [4.78, 5) is 2.38. The first-order chi connectivity index (χ1) is 15.1. The Morgan fingerprint density at radius 2 is 2.19 bits per heavy atom. The van der Waals surface area contributed by atoms with Gasteiger partial charge in [-0.15, -0.1) is 5.92 Å². The molecule has 1 aromatic heterocycles. The summed E-state index contributed by atoms with van der Waals surface area (Å²) in [5, 5.41) is 9.28. The number of hydrogen-bond acceptors (Lipinski definition) is 4. The van der Waals surface area contributed by atoms with Crippen LogP contribution in [0.1, 0.15) is 45.2 Å². The fourth-order valence-electron chi connectivity index (χ4n) is 4.28. The van der Waals surface area contributed by atoms with E-state index in [0.717, 1.165) is 66.4 Å². The Morgan fingerprint density at radius 1 is 1.35 bits per heavy atom. The molecule has 0 amide bonds. The van der Waals surface area contributed by atoms with Crippen LogP contribution >= 0.6 is 11.6 Å². The van der Waals surface area contributed by atoms with Gasteiger partial charge in [0.05, 0.1) is 24.4 Å². The molecule has 0 saturated heterocycles. The molecule has 1 aliphatic carbocycles. The molecular formula is C25H29ClN4O. The molecule has 0 spiro atoms. The second kappa shape index (κ2) is 9.11. The standard InChI is InChI=1S/C25H29ClN4O/c1-5-7-14-29(15-8-6-2)25-20-10-9-11-22(20)27-24-23(17(3)28-30(24)25)19-13-12-18(31-4)16-21(19)26/h11-13,16,27H,5,7,9-10,14-15H2,1-4H3. The van der Waals surface area contributed by atoms with Crippen LogP contribution in [-0.4, -0.2) is 34.9 Å². The topological polar surface area (TPSA) is 42.3 Å². The van der Waals surface area contributed by atoms with Crippen LogP contribution in [0.2, 0.25) is 5.02 Å². The van der Waals surface area contributed by atoms with E-state index in [4.69, 9.17) is 21.4 Å². The number of benzene rings is 1. The van der Waals surface area contributed by atoms with Gasteiger partial charge in [-0.3, -0.25) is 0 Å². The lowest BCUT2D eigenvalue weighted by molar-refractivity contribution is 0.401. The highest BCUT2D eigenvalue weighted by Gasteiger charge is 2.32. The van der Waals surface area contributed by atoms with E-state index in [1.807, 2.05) is 32.0 Å². The zero-order chi connectivity index (χ0) is 22.0. The van der Waals surface area contributed by atoms with Gasteiger partial charge in [-0.1, -0.05) is 36.9 Å². The molecule has 5 nitrogen and oxygen atoms in total. The van der Waals surface area contributed by atoms with Crippen LogP contribution < -0.4 is 10.1 Å². The molecule has 0 bridgehead atoms. The van der Waals surface area contributed by atoms with Gasteiger partial charge in [-0.25, -0.2) is 0 Å². The predicted molar refractivity (Wildman–Crippen MR) is 128 cm³/mol. The first-order valence-corrected chi connectivity index (χ1v) is 11.3. The van der Waals surface area contributed by atoms with E-state index in [1.165, 1.54) is 11.3 Å². The maximum Gasteiger partial charge on any atom is 0.144 e. The lowest BCUT2D eigenvalue weighted by atomic mass is 10.0. The number of halogens is 1. The zero-order valence-electron chi connectivity index (χ0n) is 18.7. The highest BCUT2D eigenvalue weighted by atomic mass is 35.5. The minimum Gasteiger partial charge on any atom is -0.497 e. The van der Waals surface area contributed by atoms with Gasteiger partial charge in [0.15, 0.2) is 0 Å². The first kappa shape index (κ1) is 21.4. The monoisotopic (exact) mass is 436 g/mol. The second-order valence-electron chi connectivity index (χ2n) is 7.85. The van der Waals surface area contributed by atoms with E-state index < -0.39 is 0 Å². The van der Waals surface area contributed by atoms with Crippen LogP contribution in [0.25, 0.3) is 16.9 Å². The molecule has 0 radical (unpaired) electrons. The smallest absolute Gasteiger partial charge is 0.144 e. The third-order valence-corrected chi connectivity index (χ3v) is 6.14. The molecule has 0 saturated carbocycles. The van der Waals surface area contributed by atoms with Crippen molar-refractivity contribution >= 4 is 23.2 Å².